The molecule has 0 radical (unpaired) electrons. The Morgan fingerprint density at radius 3 is 2.06 bits per heavy atom. The lowest BCUT2D eigenvalue weighted by Crippen LogP contribution is -2.39. The molecule has 1 amide bonds. The number of rotatable bonds is 4. The summed E-state index contributed by atoms with van der Waals surface area (Å²) in [5.74, 6) is 0.351. The number of nitrogens with zero attached hydrogens (tertiary/aromatic N) is 1. The third-order valence-electron chi connectivity index (χ3n) is 6.65. The smallest absolute Gasteiger partial charge is 0.278 e. The molecular formula is C28H27NO3. The van der Waals surface area contributed by atoms with Crippen molar-refractivity contribution in [2.45, 2.75) is 38.1 Å². The van der Waals surface area contributed by atoms with Crippen molar-refractivity contribution in [1.82, 2.24) is 5.06 Å². The maximum Gasteiger partial charge on any atom is 0.278 e. The third-order valence-corrected chi connectivity index (χ3v) is 6.65. The summed E-state index contributed by atoms with van der Waals surface area (Å²) in [4.78, 5) is 13.7. The largest absolute Gasteiger partial charge is 0.496 e. The maximum atomic E-state index is 13.7. The van der Waals surface area contributed by atoms with E-state index in [1.165, 1.54) is 0 Å². The first-order valence-corrected chi connectivity index (χ1v) is 11.3. The van der Waals surface area contributed by atoms with Crippen molar-refractivity contribution in [1.29, 1.82) is 0 Å². The van der Waals surface area contributed by atoms with E-state index in [9.17, 15) is 10.0 Å². The summed E-state index contributed by atoms with van der Waals surface area (Å²) in [6.45, 7) is 0. The molecule has 0 bridgehead atoms. The summed E-state index contributed by atoms with van der Waals surface area (Å²) in [5, 5.41) is 16.0. The summed E-state index contributed by atoms with van der Waals surface area (Å²) in [6, 6.07) is 23.8. The highest BCUT2D eigenvalue weighted by Gasteiger charge is 2.28. The fraction of sp³-hybridized carbons (Fsp3) is 0.250. The average Bonchev–Trinajstić information content (AvgIpc) is 2.87. The van der Waals surface area contributed by atoms with Crippen LogP contribution in [-0.4, -0.2) is 29.3 Å². The molecule has 32 heavy (non-hydrogen) atoms. The van der Waals surface area contributed by atoms with Gasteiger partial charge in [-0.25, -0.2) is 5.06 Å². The molecule has 0 aliphatic heterocycles. The van der Waals surface area contributed by atoms with Gasteiger partial charge in [-0.1, -0.05) is 79.9 Å². The molecule has 1 aliphatic carbocycles. The fourth-order valence-electron chi connectivity index (χ4n) is 5.01. The number of methoxy groups -OCH3 is 1. The van der Waals surface area contributed by atoms with E-state index < -0.39 is 0 Å². The van der Waals surface area contributed by atoms with Gasteiger partial charge in [-0.05, 0) is 46.5 Å². The van der Waals surface area contributed by atoms with Gasteiger partial charge in [0.1, 0.15) is 5.75 Å². The number of carbonyl (C=O) groups is 1. The molecule has 1 saturated carbocycles. The van der Waals surface area contributed by atoms with Gasteiger partial charge >= 0.3 is 0 Å². The highest BCUT2D eigenvalue weighted by Crippen LogP contribution is 2.43. The predicted molar refractivity (Wildman–Crippen MR) is 128 cm³/mol. The predicted octanol–water partition coefficient (Wildman–Crippen LogP) is 6.83. The molecule has 4 heteroatoms. The molecule has 1 aliphatic rings. The molecule has 0 unspecified atom stereocenters. The number of amides is 1. The maximum absolute atomic E-state index is 13.7. The van der Waals surface area contributed by atoms with E-state index in [1.54, 1.807) is 7.11 Å². The van der Waals surface area contributed by atoms with Gasteiger partial charge in [-0.3, -0.25) is 10.0 Å². The number of fused-ring (bicyclic) bond motifs is 2. The highest BCUT2D eigenvalue weighted by atomic mass is 16.5. The summed E-state index contributed by atoms with van der Waals surface area (Å²) in [7, 11) is 1.65. The first-order chi connectivity index (χ1) is 15.7. The van der Waals surface area contributed by atoms with E-state index in [0.717, 1.165) is 69.8 Å². The molecule has 0 saturated heterocycles. The van der Waals surface area contributed by atoms with Crippen LogP contribution in [0.4, 0.5) is 0 Å². The summed E-state index contributed by atoms with van der Waals surface area (Å²) in [6.07, 6.45) is 4.91. The van der Waals surface area contributed by atoms with E-state index in [-0.39, 0.29) is 11.9 Å². The van der Waals surface area contributed by atoms with Crippen LogP contribution in [0.2, 0.25) is 0 Å². The Labute approximate surface area is 188 Å². The van der Waals surface area contributed by atoms with Crippen molar-refractivity contribution in [3.05, 3.63) is 78.4 Å². The minimum Gasteiger partial charge on any atom is -0.496 e. The SMILES string of the molecule is COc1ccc2ccccc2c1-c1c(C(=O)N(O)C2CCCCC2)ccc2ccccc12. The fourth-order valence-corrected chi connectivity index (χ4v) is 5.01. The Balaban J connectivity index is 1.78. The minimum atomic E-state index is -0.354. The van der Waals surface area contributed by atoms with Gasteiger partial charge in [0, 0.05) is 11.1 Å². The second-order valence-corrected chi connectivity index (χ2v) is 8.51. The third kappa shape index (κ3) is 3.51. The molecule has 1 fully saturated rings. The van der Waals surface area contributed by atoms with Crippen LogP contribution >= 0.6 is 0 Å². The van der Waals surface area contributed by atoms with Crippen LogP contribution in [0.3, 0.4) is 0 Å². The first-order valence-electron chi connectivity index (χ1n) is 11.3. The molecule has 0 heterocycles. The molecule has 4 aromatic carbocycles. The van der Waals surface area contributed by atoms with Crippen LogP contribution in [0.25, 0.3) is 32.7 Å². The Kier molecular flexibility index (Phi) is 5.54. The monoisotopic (exact) mass is 425 g/mol. The normalized spacial score (nSPS) is 14.6. The van der Waals surface area contributed by atoms with E-state index in [0.29, 0.717) is 11.3 Å². The van der Waals surface area contributed by atoms with E-state index in [2.05, 4.69) is 12.1 Å². The second-order valence-electron chi connectivity index (χ2n) is 8.51. The minimum absolute atomic E-state index is 0.134. The van der Waals surface area contributed by atoms with Crippen molar-refractivity contribution < 1.29 is 14.7 Å². The standard InChI is InChI=1S/C28H27NO3/c1-32-25-18-16-20-10-6-8-14-23(20)27(25)26-22-13-7-5-9-19(22)15-17-24(26)28(30)29(31)21-11-3-2-4-12-21/h5-10,13-18,21,31H,2-4,11-12H2,1H3. The van der Waals surface area contributed by atoms with Crippen molar-refractivity contribution >= 4 is 27.5 Å². The van der Waals surface area contributed by atoms with Crippen molar-refractivity contribution in [3.8, 4) is 16.9 Å². The van der Waals surface area contributed by atoms with Gasteiger partial charge in [0.15, 0.2) is 0 Å². The van der Waals surface area contributed by atoms with Gasteiger partial charge in [-0.2, -0.15) is 0 Å². The Hall–Kier alpha value is -3.37. The van der Waals surface area contributed by atoms with Crippen LogP contribution in [0.5, 0.6) is 5.75 Å². The first kappa shape index (κ1) is 20.5. The van der Waals surface area contributed by atoms with Crippen molar-refractivity contribution in [3.63, 3.8) is 0 Å². The zero-order chi connectivity index (χ0) is 22.1. The van der Waals surface area contributed by atoms with Gasteiger partial charge in [0.2, 0.25) is 0 Å². The number of hydrogen-bond acceptors (Lipinski definition) is 3. The van der Waals surface area contributed by atoms with Gasteiger partial charge in [0.25, 0.3) is 5.91 Å². The van der Waals surface area contributed by atoms with Crippen molar-refractivity contribution in [2.24, 2.45) is 0 Å². The van der Waals surface area contributed by atoms with E-state index >= 15 is 0 Å². The lowest BCUT2D eigenvalue weighted by atomic mass is 9.88. The Morgan fingerprint density at radius 1 is 0.812 bits per heavy atom. The highest BCUT2D eigenvalue weighted by molar-refractivity contribution is 6.15. The zero-order valence-electron chi connectivity index (χ0n) is 18.3. The van der Waals surface area contributed by atoms with Crippen LogP contribution in [-0.2, 0) is 0 Å². The molecule has 0 aromatic heterocycles. The van der Waals surface area contributed by atoms with Crippen LogP contribution in [0.1, 0.15) is 42.5 Å². The molecule has 0 atom stereocenters. The topological polar surface area (TPSA) is 49.8 Å². The Bertz CT molecular complexity index is 1290. The average molecular weight is 426 g/mol. The summed E-state index contributed by atoms with van der Waals surface area (Å²) in [5.41, 5.74) is 2.17. The van der Waals surface area contributed by atoms with Gasteiger partial charge < -0.3 is 4.74 Å². The van der Waals surface area contributed by atoms with Gasteiger partial charge in [0.05, 0.1) is 18.7 Å². The summed E-state index contributed by atoms with van der Waals surface area (Å²) >= 11 is 0. The molecule has 4 aromatic rings. The van der Waals surface area contributed by atoms with Crippen molar-refractivity contribution in [2.75, 3.05) is 7.11 Å². The number of benzene rings is 4. The molecular weight excluding hydrogens is 398 g/mol. The number of hydrogen-bond donors (Lipinski definition) is 1. The molecule has 0 spiro atoms. The lowest BCUT2D eigenvalue weighted by molar-refractivity contribution is -0.0963. The van der Waals surface area contributed by atoms with E-state index in [4.69, 9.17) is 4.74 Å². The van der Waals surface area contributed by atoms with Crippen LogP contribution < -0.4 is 4.74 Å². The van der Waals surface area contributed by atoms with Crippen LogP contribution in [0, 0.1) is 0 Å². The molecule has 1 N–H and O–H groups in total. The van der Waals surface area contributed by atoms with Crippen LogP contribution in [0.15, 0.2) is 72.8 Å². The molecule has 5 rings (SSSR count). The quantitative estimate of drug-likeness (QED) is 0.288. The zero-order valence-corrected chi connectivity index (χ0v) is 18.3. The number of hydroxylamine groups is 2. The Morgan fingerprint density at radius 2 is 1.41 bits per heavy atom. The number of ether oxygens (including phenoxy) is 1. The molecule has 162 valence electrons. The van der Waals surface area contributed by atoms with E-state index in [1.807, 2.05) is 60.7 Å². The molecule has 4 nitrogen and oxygen atoms in total. The summed E-state index contributed by atoms with van der Waals surface area (Å²) < 4.78 is 5.78. The lowest BCUT2D eigenvalue weighted by Gasteiger charge is -2.30. The second kappa shape index (κ2) is 8.64. The number of carbonyl (C=O) groups excluding carboxylic acids is 1. The van der Waals surface area contributed by atoms with Gasteiger partial charge in [-0.15, -0.1) is 0 Å².